The molecule has 1 aliphatic rings. The summed E-state index contributed by atoms with van der Waals surface area (Å²) in [5.74, 6) is -0.280. The van der Waals surface area contributed by atoms with E-state index in [9.17, 15) is 9.59 Å². The van der Waals surface area contributed by atoms with Gasteiger partial charge in [0, 0.05) is 18.7 Å². The number of nitrogens with zero attached hydrogens (tertiary/aromatic N) is 3. The molecule has 0 unspecified atom stereocenters. The van der Waals surface area contributed by atoms with Crippen LogP contribution in [0.2, 0.25) is 0 Å². The smallest absolute Gasteiger partial charge is 0.251 e. The Balaban J connectivity index is 1.67. The third kappa shape index (κ3) is 3.53. The number of aryl methyl sites for hydroxylation is 2. The third-order valence-corrected chi connectivity index (χ3v) is 4.45. The van der Waals surface area contributed by atoms with Crippen molar-refractivity contribution in [2.45, 2.75) is 33.1 Å². The molecule has 2 amide bonds. The van der Waals surface area contributed by atoms with Crippen LogP contribution in [-0.4, -0.2) is 46.3 Å². The van der Waals surface area contributed by atoms with Gasteiger partial charge in [0.15, 0.2) is 0 Å². The number of benzene rings is 1. The average molecular weight is 326 g/mol. The molecule has 0 bridgehead atoms. The van der Waals surface area contributed by atoms with Crippen LogP contribution in [0, 0.1) is 13.8 Å². The van der Waals surface area contributed by atoms with Crippen molar-refractivity contribution in [2.75, 3.05) is 19.6 Å². The Bertz CT molecular complexity index is 782. The molecule has 1 saturated heterocycles. The van der Waals surface area contributed by atoms with Crippen molar-refractivity contribution < 1.29 is 9.59 Å². The summed E-state index contributed by atoms with van der Waals surface area (Å²) in [6.07, 6.45) is 3.26. The lowest BCUT2D eigenvalue weighted by Gasteiger charge is -2.26. The van der Waals surface area contributed by atoms with Crippen LogP contribution in [0.1, 0.15) is 41.0 Å². The number of hydrogen-bond acceptors (Lipinski definition) is 4. The Hall–Kier alpha value is -2.50. The lowest BCUT2D eigenvalue weighted by Crippen LogP contribution is -2.42. The molecule has 0 aliphatic carbocycles. The number of rotatable bonds is 3. The van der Waals surface area contributed by atoms with Gasteiger partial charge in [0.25, 0.3) is 5.91 Å². The molecule has 6 nitrogen and oxygen atoms in total. The number of carbonyl (C=O) groups is 2. The first-order chi connectivity index (χ1) is 11.5. The quantitative estimate of drug-likeness (QED) is 0.936. The zero-order chi connectivity index (χ0) is 17.1. The maximum Gasteiger partial charge on any atom is 0.251 e. The number of likely N-dealkylation sites (tertiary alicyclic amines) is 1. The number of nitrogens with one attached hydrogen (secondary N) is 1. The molecule has 24 heavy (non-hydrogen) atoms. The average Bonchev–Trinajstić information content (AvgIpc) is 2.60. The molecule has 1 aromatic heterocycles. The minimum Gasteiger partial charge on any atom is -0.343 e. The first-order valence-electron chi connectivity index (χ1n) is 8.35. The van der Waals surface area contributed by atoms with Crippen molar-refractivity contribution in [1.82, 2.24) is 20.2 Å². The minimum absolute atomic E-state index is 0.0184. The van der Waals surface area contributed by atoms with E-state index in [-0.39, 0.29) is 18.4 Å². The van der Waals surface area contributed by atoms with Crippen molar-refractivity contribution >= 4 is 22.8 Å². The number of aromatic nitrogens is 2. The largest absolute Gasteiger partial charge is 0.343 e. The zero-order valence-corrected chi connectivity index (χ0v) is 14.1. The molecule has 1 N–H and O–H groups in total. The third-order valence-electron chi connectivity index (χ3n) is 4.45. The van der Waals surface area contributed by atoms with Crippen molar-refractivity contribution in [2.24, 2.45) is 0 Å². The highest BCUT2D eigenvalue weighted by Gasteiger charge is 2.17. The fraction of sp³-hybridized carbons (Fsp3) is 0.444. The van der Waals surface area contributed by atoms with Crippen molar-refractivity contribution in [3.8, 4) is 0 Å². The molecule has 126 valence electrons. The van der Waals surface area contributed by atoms with E-state index >= 15 is 0 Å². The fourth-order valence-corrected chi connectivity index (χ4v) is 2.88. The molecular formula is C18H22N4O2. The van der Waals surface area contributed by atoms with Gasteiger partial charge in [0.1, 0.15) is 0 Å². The second kappa shape index (κ2) is 6.95. The van der Waals surface area contributed by atoms with E-state index in [0.29, 0.717) is 11.1 Å². The fourth-order valence-electron chi connectivity index (χ4n) is 2.88. The van der Waals surface area contributed by atoms with Gasteiger partial charge >= 0.3 is 0 Å². The summed E-state index contributed by atoms with van der Waals surface area (Å²) < 4.78 is 0. The minimum atomic E-state index is -0.262. The Kier molecular flexibility index (Phi) is 4.74. The summed E-state index contributed by atoms with van der Waals surface area (Å²) in [5, 5.41) is 2.71. The number of carbonyl (C=O) groups excluding carboxylic acids is 2. The molecule has 2 aromatic rings. The predicted octanol–water partition coefficient (Wildman–Crippen LogP) is 1.99. The van der Waals surface area contributed by atoms with Gasteiger partial charge < -0.3 is 10.2 Å². The van der Waals surface area contributed by atoms with E-state index in [1.807, 2.05) is 18.7 Å². The molecule has 6 heteroatoms. The highest BCUT2D eigenvalue weighted by molar-refractivity contribution is 5.98. The summed E-state index contributed by atoms with van der Waals surface area (Å²) in [6, 6.07) is 5.22. The highest BCUT2D eigenvalue weighted by atomic mass is 16.2. The summed E-state index contributed by atoms with van der Waals surface area (Å²) in [5.41, 5.74) is 3.67. The Labute approximate surface area is 141 Å². The summed E-state index contributed by atoms with van der Waals surface area (Å²) in [7, 11) is 0. The SMILES string of the molecule is Cc1nc2ccc(C(=O)NCC(=O)N3CCCCC3)cc2nc1C. The first-order valence-corrected chi connectivity index (χ1v) is 8.35. The van der Waals surface area contributed by atoms with Crippen LogP contribution in [0.15, 0.2) is 18.2 Å². The summed E-state index contributed by atoms with van der Waals surface area (Å²) in [6.45, 7) is 5.42. The van der Waals surface area contributed by atoms with Gasteiger partial charge in [-0.25, -0.2) is 9.97 Å². The second-order valence-corrected chi connectivity index (χ2v) is 6.22. The van der Waals surface area contributed by atoms with Crippen molar-refractivity contribution in [1.29, 1.82) is 0 Å². The van der Waals surface area contributed by atoms with Crippen LogP contribution in [0.3, 0.4) is 0 Å². The van der Waals surface area contributed by atoms with E-state index in [1.54, 1.807) is 18.2 Å². The first kappa shape index (κ1) is 16.4. The standard InChI is InChI=1S/C18H22N4O2/c1-12-13(2)21-16-10-14(6-7-15(16)20-12)18(24)19-11-17(23)22-8-4-3-5-9-22/h6-7,10H,3-5,8-9,11H2,1-2H3,(H,19,24). The number of fused-ring (bicyclic) bond motifs is 1. The molecular weight excluding hydrogens is 304 g/mol. The van der Waals surface area contributed by atoms with E-state index < -0.39 is 0 Å². The van der Waals surface area contributed by atoms with E-state index in [4.69, 9.17) is 0 Å². The van der Waals surface area contributed by atoms with Gasteiger partial charge in [-0.2, -0.15) is 0 Å². The molecule has 1 fully saturated rings. The molecule has 3 rings (SSSR count). The second-order valence-electron chi connectivity index (χ2n) is 6.22. The number of hydrogen-bond donors (Lipinski definition) is 1. The molecule has 0 spiro atoms. The van der Waals surface area contributed by atoms with Crippen LogP contribution in [0.5, 0.6) is 0 Å². The lowest BCUT2D eigenvalue weighted by atomic mass is 10.1. The van der Waals surface area contributed by atoms with Crippen molar-refractivity contribution in [3.05, 3.63) is 35.2 Å². The van der Waals surface area contributed by atoms with Crippen LogP contribution in [-0.2, 0) is 4.79 Å². The Morgan fingerprint density at radius 3 is 2.42 bits per heavy atom. The normalized spacial score (nSPS) is 14.7. The number of piperidine rings is 1. The molecule has 0 radical (unpaired) electrons. The van der Waals surface area contributed by atoms with Crippen molar-refractivity contribution in [3.63, 3.8) is 0 Å². The summed E-state index contributed by atoms with van der Waals surface area (Å²) in [4.78, 5) is 35.2. The molecule has 0 saturated carbocycles. The molecule has 0 atom stereocenters. The van der Waals surface area contributed by atoms with Crippen LogP contribution >= 0.6 is 0 Å². The molecule has 1 aliphatic heterocycles. The summed E-state index contributed by atoms with van der Waals surface area (Å²) >= 11 is 0. The van der Waals surface area contributed by atoms with Gasteiger partial charge in [-0.15, -0.1) is 0 Å². The maximum absolute atomic E-state index is 12.3. The van der Waals surface area contributed by atoms with E-state index in [0.717, 1.165) is 42.8 Å². The monoisotopic (exact) mass is 326 g/mol. The Morgan fingerprint density at radius 1 is 1.04 bits per heavy atom. The Morgan fingerprint density at radius 2 is 1.71 bits per heavy atom. The van der Waals surface area contributed by atoms with Gasteiger partial charge in [0.05, 0.1) is 29.0 Å². The van der Waals surface area contributed by atoms with Crippen LogP contribution in [0.25, 0.3) is 11.0 Å². The lowest BCUT2D eigenvalue weighted by molar-refractivity contribution is -0.130. The predicted molar refractivity (Wildman–Crippen MR) is 91.8 cm³/mol. The zero-order valence-electron chi connectivity index (χ0n) is 14.1. The molecule has 1 aromatic carbocycles. The highest BCUT2D eigenvalue weighted by Crippen LogP contribution is 2.14. The van der Waals surface area contributed by atoms with Gasteiger partial charge in [0.2, 0.25) is 5.91 Å². The topological polar surface area (TPSA) is 75.2 Å². The van der Waals surface area contributed by atoms with E-state index in [2.05, 4.69) is 15.3 Å². The number of amides is 2. The maximum atomic E-state index is 12.3. The van der Waals surface area contributed by atoms with E-state index in [1.165, 1.54) is 6.42 Å². The van der Waals surface area contributed by atoms with Gasteiger partial charge in [-0.3, -0.25) is 9.59 Å². The van der Waals surface area contributed by atoms with Crippen LogP contribution in [0.4, 0.5) is 0 Å². The van der Waals surface area contributed by atoms with Crippen LogP contribution < -0.4 is 5.32 Å². The molecule has 2 heterocycles. The van der Waals surface area contributed by atoms with Gasteiger partial charge in [-0.1, -0.05) is 0 Å². The van der Waals surface area contributed by atoms with Gasteiger partial charge in [-0.05, 0) is 51.3 Å².